The lowest BCUT2D eigenvalue weighted by molar-refractivity contribution is -0.175. The summed E-state index contributed by atoms with van der Waals surface area (Å²) < 4.78 is 14.2. The molecule has 6 nitrogen and oxygen atoms in total. The van der Waals surface area contributed by atoms with Gasteiger partial charge in [-0.1, -0.05) is 42.5 Å². The molecule has 162 valence electrons. The number of carbonyl (C=O) groups is 1. The van der Waals surface area contributed by atoms with Crippen LogP contribution in [0.15, 0.2) is 48.5 Å². The molecule has 0 radical (unpaired) electrons. The molecule has 1 N–H and O–H groups in total. The van der Waals surface area contributed by atoms with Crippen LogP contribution in [0.3, 0.4) is 0 Å². The number of benzene rings is 2. The highest BCUT2D eigenvalue weighted by atomic mass is 16.6. The number of nitrogens with zero attached hydrogens (tertiary/aromatic N) is 2. The molecule has 0 fully saturated rings. The Hall–Kier alpha value is -3.12. The average Bonchev–Trinajstić information content (AvgIpc) is 3.05. The zero-order valence-electron chi connectivity index (χ0n) is 18.5. The van der Waals surface area contributed by atoms with Gasteiger partial charge in [0.15, 0.2) is 18.0 Å². The van der Waals surface area contributed by atoms with E-state index in [1.54, 1.807) is 20.8 Å². The first-order chi connectivity index (χ1) is 14.7. The molecule has 0 bridgehead atoms. The van der Waals surface area contributed by atoms with E-state index in [4.69, 9.17) is 14.5 Å². The minimum absolute atomic E-state index is 0.390. The molecule has 1 aromatic heterocycles. The molecule has 6 heteroatoms. The SMILES string of the molecule is CC=Cn1c(C)nc2c3c(ccc21)[C@@H](O)[C@H](OC(=O)C(C)(C)C)[C@@H](c1ccccc1)O3. The van der Waals surface area contributed by atoms with Crippen LogP contribution in [0.4, 0.5) is 0 Å². The predicted molar refractivity (Wildman–Crippen MR) is 120 cm³/mol. The second-order valence-electron chi connectivity index (χ2n) is 8.88. The molecule has 0 aliphatic carbocycles. The normalized spacial score (nSPS) is 21.2. The number of aryl methyl sites for hydroxylation is 1. The number of rotatable bonds is 3. The van der Waals surface area contributed by atoms with Crippen molar-refractivity contribution >= 4 is 23.2 Å². The zero-order valence-corrected chi connectivity index (χ0v) is 18.5. The maximum atomic E-state index is 12.7. The van der Waals surface area contributed by atoms with Gasteiger partial charge in [-0.2, -0.15) is 0 Å². The molecule has 1 aliphatic heterocycles. The van der Waals surface area contributed by atoms with Crippen molar-refractivity contribution in [2.45, 2.75) is 52.9 Å². The van der Waals surface area contributed by atoms with Crippen LogP contribution in [0.1, 0.15) is 56.9 Å². The average molecular weight is 421 g/mol. The number of fused-ring (bicyclic) bond motifs is 3. The third-order valence-electron chi connectivity index (χ3n) is 5.48. The fourth-order valence-corrected chi connectivity index (χ4v) is 3.83. The van der Waals surface area contributed by atoms with Crippen molar-refractivity contribution in [1.82, 2.24) is 9.55 Å². The molecule has 0 saturated heterocycles. The molecule has 0 amide bonds. The standard InChI is InChI=1S/C25H28N2O4/c1-6-14-27-15(2)26-19-18(27)13-12-17-20(28)23(31-24(29)25(3,4)5)21(30-22(17)19)16-10-8-7-9-11-16/h6-14,20-21,23,28H,1-5H3/t20-,21-,23+/m1/s1. The van der Waals surface area contributed by atoms with E-state index < -0.39 is 23.7 Å². The molecule has 0 spiro atoms. The van der Waals surface area contributed by atoms with Gasteiger partial charge < -0.3 is 19.1 Å². The second-order valence-corrected chi connectivity index (χ2v) is 8.88. The summed E-state index contributed by atoms with van der Waals surface area (Å²) in [7, 11) is 0. The summed E-state index contributed by atoms with van der Waals surface area (Å²) in [4.78, 5) is 17.4. The van der Waals surface area contributed by atoms with Crippen molar-refractivity contribution in [3.63, 3.8) is 0 Å². The molecule has 3 aromatic rings. The van der Waals surface area contributed by atoms with E-state index in [-0.39, 0.29) is 5.97 Å². The molecule has 2 aromatic carbocycles. The summed E-state index contributed by atoms with van der Waals surface area (Å²) in [5.41, 5.74) is 2.25. The third kappa shape index (κ3) is 3.72. The number of imidazole rings is 1. The number of allylic oxidation sites excluding steroid dienone is 1. The topological polar surface area (TPSA) is 73.6 Å². The summed E-state index contributed by atoms with van der Waals surface area (Å²) in [6.07, 6.45) is 1.30. The maximum absolute atomic E-state index is 12.7. The van der Waals surface area contributed by atoms with Gasteiger partial charge in [-0.05, 0) is 46.2 Å². The first kappa shape index (κ1) is 21.1. The number of aliphatic hydroxyl groups excluding tert-OH is 1. The van der Waals surface area contributed by atoms with Crippen molar-refractivity contribution < 1.29 is 19.4 Å². The van der Waals surface area contributed by atoms with Gasteiger partial charge >= 0.3 is 5.97 Å². The zero-order chi connectivity index (χ0) is 22.3. The number of aliphatic hydroxyl groups is 1. The monoisotopic (exact) mass is 420 g/mol. The highest BCUT2D eigenvalue weighted by Gasteiger charge is 2.43. The highest BCUT2D eigenvalue weighted by molar-refractivity contribution is 5.86. The van der Waals surface area contributed by atoms with Gasteiger partial charge in [0.2, 0.25) is 0 Å². The largest absolute Gasteiger partial charge is 0.479 e. The van der Waals surface area contributed by atoms with E-state index in [0.29, 0.717) is 16.8 Å². The smallest absolute Gasteiger partial charge is 0.311 e. The molecule has 0 saturated carbocycles. The Morgan fingerprint density at radius 3 is 2.55 bits per heavy atom. The molecule has 31 heavy (non-hydrogen) atoms. The lowest BCUT2D eigenvalue weighted by Gasteiger charge is -2.38. The number of hydrogen-bond acceptors (Lipinski definition) is 5. The van der Waals surface area contributed by atoms with Gasteiger partial charge in [-0.3, -0.25) is 4.79 Å². The van der Waals surface area contributed by atoms with Crippen LogP contribution >= 0.6 is 0 Å². The minimum Gasteiger partial charge on any atom is -0.479 e. The van der Waals surface area contributed by atoms with E-state index in [1.165, 1.54) is 0 Å². The highest BCUT2D eigenvalue weighted by Crippen LogP contribution is 2.46. The summed E-state index contributed by atoms with van der Waals surface area (Å²) in [5, 5.41) is 11.3. The van der Waals surface area contributed by atoms with Crippen LogP contribution in [-0.4, -0.2) is 26.7 Å². The van der Waals surface area contributed by atoms with Crippen LogP contribution in [0, 0.1) is 12.3 Å². The van der Waals surface area contributed by atoms with Crippen molar-refractivity contribution in [3.05, 3.63) is 65.5 Å². The van der Waals surface area contributed by atoms with E-state index >= 15 is 0 Å². The van der Waals surface area contributed by atoms with Crippen molar-refractivity contribution in [1.29, 1.82) is 0 Å². The van der Waals surface area contributed by atoms with E-state index in [1.807, 2.05) is 73.2 Å². The Labute approximate surface area is 182 Å². The Kier molecular flexibility index (Phi) is 5.35. The molecule has 2 heterocycles. The molecule has 0 unspecified atom stereocenters. The van der Waals surface area contributed by atoms with Crippen LogP contribution in [0.25, 0.3) is 17.2 Å². The number of aromatic nitrogens is 2. The van der Waals surface area contributed by atoms with Crippen molar-refractivity contribution in [3.8, 4) is 5.75 Å². The Balaban J connectivity index is 1.86. The van der Waals surface area contributed by atoms with Crippen molar-refractivity contribution in [2.24, 2.45) is 5.41 Å². The van der Waals surface area contributed by atoms with Gasteiger partial charge in [0, 0.05) is 11.8 Å². The number of hydrogen-bond donors (Lipinski definition) is 1. The third-order valence-corrected chi connectivity index (χ3v) is 5.48. The number of carbonyl (C=O) groups excluding carboxylic acids is 1. The molecule has 4 rings (SSSR count). The first-order valence-corrected chi connectivity index (χ1v) is 10.5. The quantitative estimate of drug-likeness (QED) is 0.606. The summed E-state index contributed by atoms with van der Waals surface area (Å²) in [5.74, 6) is 0.948. The maximum Gasteiger partial charge on any atom is 0.311 e. The first-order valence-electron chi connectivity index (χ1n) is 10.5. The van der Waals surface area contributed by atoms with Gasteiger partial charge in [-0.25, -0.2) is 4.98 Å². The van der Waals surface area contributed by atoms with Gasteiger partial charge in [0.25, 0.3) is 0 Å². The molecule has 1 aliphatic rings. The Morgan fingerprint density at radius 1 is 1.19 bits per heavy atom. The second kappa shape index (κ2) is 7.85. The van der Waals surface area contributed by atoms with Crippen LogP contribution in [0.5, 0.6) is 5.75 Å². The van der Waals surface area contributed by atoms with Crippen LogP contribution < -0.4 is 4.74 Å². The number of esters is 1. The minimum atomic E-state index is -1.04. The Bertz CT molecular complexity index is 1140. The fourth-order valence-electron chi connectivity index (χ4n) is 3.83. The van der Waals surface area contributed by atoms with Crippen LogP contribution in [0.2, 0.25) is 0 Å². The van der Waals surface area contributed by atoms with Crippen LogP contribution in [-0.2, 0) is 9.53 Å². The van der Waals surface area contributed by atoms with E-state index in [2.05, 4.69) is 0 Å². The van der Waals surface area contributed by atoms with Gasteiger partial charge in [0.05, 0.1) is 10.9 Å². The lowest BCUT2D eigenvalue weighted by atomic mass is 9.90. The summed E-state index contributed by atoms with van der Waals surface area (Å²) >= 11 is 0. The molecular weight excluding hydrogens is 392 g/mol. The van der Waals surface area contributed by atoms with E-state index in [9.17, 15) is 9.90 Å². The lowest BCUT2D eigenvalue weighted by Crippen LogP contribution is -2.40. The van der Waals surface area contributed by atoms with Crippen molar-refractivity contribution in [2.75, 3.05) is 0 Å². The van der Waals surface area contributed by atoms with Gasteiger partial charge in [0.1, 0.15) is 17.4 Å². The van der Waals surface area contributed by atoms with E-state index in [0.717, 1.165) is 16.9 Å². The summed E-state index contributed by atoms with van der Waals surface area (Å²) in [6.45, 7) is 9.24. The molecule has 3 atom stereocenters. The fraction of sp³-hybridized carbons (Fsp3) is 0.360. The van der Waals surface area contributed by atoms with Gasteiger partial charge in [-0.15, -0.1) is 0 Å². The number of ether oxygens (including phenoxy) is 2. The Morgan fingerprint density at radius 2 is 1.90 bits per heavy atom. The molecular formula is C25H28N2O4. The summed E-state index contributed by atoms with van der Waals surface area (Å²) in [6, 6.07) is 13.2. The predicted octanol–water partition coefficient (Wildman–Crippen LogP) is 4.96.